The lowest BCUT2D eigenvalue weighted by molar-refractivity contribution is 0.0970. The molecule has 0 spiro atoms. The predicted octanol–water partition coefficient (Wildman–Crippen LogP) is 4.90. The monoisotopic (exact) mass is 402 g/mol. The summed E-state index contributed by atoms with van der Waals surface area (Å²) < 4.78 is 5.91. The molecule has 0 fully saturated rings. The average molecular weight is 403 g/mol. The largest absolute Gasteiger partial charge is 0.450 e. The average Bonchev–Trinajstić information content (AvgIpc) is 3.02. The molecule has 0 radical (unpaired) electrons. The van der Waals surface area contributed by atoms with Gasteiger partial charge in [-0.3, -0.25) is 14.5 Å². The minimum atomic E-state index is -0.632. The van der Waals surface area contributed by atoms with Crippen molar-refractivity contribution in [1.29, 1.82) is 0 Å². The zero-order chi connectivity index (χ0) is 20.1. The highest BCUT2D eigenvalue weighted by Crippen LogP contribution is 2.40. The van der Waals surface area contributed by atoms with E-state index in [0.717, 1.165) is 11.3 Å². The molecule has 142 valence electrons. The van der Waals surface area contributed by atoms with Crippen molar-refractivity contribution in [2.45, 2.75) is 13.0 Å². The third-order valence-corrected chi connectivity index (χ3v) is 5.30. The number of carbonyl (C=O) groups is 1. The molecule has 3 heterocycles. The van der Waals surface area contributed by atoms with Gasteiger partial charge in [-0.2, -0.15) is 0 Å². The molecule has 29 heavy (non-hydrogen) atoms. The molecule has 2 aromatic heterocycles. The maximum absolute atomic E-state index is 13.4. The maximum Gasteiger partial charge on any atom is 0.296 e. The maximum atomic E-state index is 13.4. The van der Waals surface area contributed by atoms with Crippen LogP contribution < -0.4 is 10.3 Å². The van der Waals surface area contributed by atoms with E-state index in [1.807, 2.05) is 49.4 Å². The molecule has 1 aliphatic heterocycles. The standard InChI is InChI=1S/C23H15ClN2O3/c1-13-6-5-9-18(25-13)26-20(14-7-3-2-4-8-14)19-21(27)16-12-15(24)10-11-17(16)29-22(19)23(26)28/h2-12,20H,1H3/t20-/m1/s1. The van der Waals surface area contributed by atoms with Gasteiger partial charge in [0.2, 0.25) is 5.76 Å². The van der Waals surface area contributed by atoms with Gasteiger partial charge in [0.15, 0.2) is 5.43 Å². The summed E-state index contributed by atoms with van der Waals surface area (Å²) in [6, 6.07) is 19.0. The number of anilines is 1. The summed E-state index contributed by atoms with van der Waals surface area (Å²) >= 11 is 6.10. The van der Waals surface area contributed by atoms with Crippen LogP contribution in [0.15, 0.2) is 75.9 Å². The van der Waals surface area contributed by atoms with Gasteiger partial charge in [0.1, 0.15) is 11.4 Å². The van der Waals surface area contributed by atoms with Gasteiger partial charge in [-0.15, -0.1) is 0 Å². The summed E-state index contributed by atoms with van der Waals surface area (Å²) in [5.41, 5.74) is 1.95. The summed E-state index contributed by atoms with van der Waals surface area (Å²) in [6.45, 7) is 1.86. The molecule has 0 saturated carbocycles. The van der Waals surface area contributed by atoms with Crippen LogP contribution in [0.1, 0.15) is 33.4 Å². The quantitative estimate of drug-likeness (QED) is 0.478. The molecular formula is C23H15ClN2O3. The summed E-state index contributed by atoms with van der Waals surface area (Å²) in [4.78, 5) is 32.9. The molecule has 1 amide bonds. The Morgan fingerprint density at radius 1 is 1.00 bits per heavy atom. The third kappa shape index (κ3) is 2.74. The Kier molecular flexibility index (Phi) is 4.00. The number of rotatable bonds is 2. The van der Waals surface area contributed by atoms with Crippen molar-refractivity contribution < 1.29 is 9.21 Å². The first kappa shape index (κ1) is 17.6. The van der Waals surface area contributed by atoms with Gasteiger partial charge < -0.3 is 4.42 Å². The van der Waals surface area contributed by atoms with E-state index >= 15 is 0 Å². The van der Waals surface area contributed by atoms with Crippen molar-refractivity contribution in [3.63, 3.8) is 0 Å². The van der Waals surface area contributed by atoms with Crippen molar-refractivity contribution >= 4 is 34.3 Å². The van der Waals surface area contributed by atoms with Crippen molar-refractivity contribution in [2.24, 2.45) is 0 Å². The second-order valence-corrected chi connectivity index (χ2v) is 7.38. The Hall–Kier alpha value is -3.44. The lowest BCUT2D eigenvalue weighted by Gasteiger charge is -2.24. The van der Waals surface area contributed by atoms with Crippen LogP contribution in [0.2, 0.25) is 5.02 Å². The number of amides is 1. The minimum absolute atomic E-state index is 0.0435. The van der Waals surface area contributed by atoms with Crippen LogP contribution in [0.3, 0.4) is 0 Å². The van der Waals surface area contributed by atoms with E-state index in [2.05, 4.69) is 4.98 Å². The van der Waals surface area contributed by atoms with Gasteiger partial charge in [0, 0.05) is 10.7 Å². The third-order valence-electron chi connectivity index (χ3n) is 5.07. The number of aromatic nitrogens is 1. The van der Waals surface area contributed by atoms with Crippen molar-refractivity contribution in [3.8, 4) is 0 Å². The smallest absolute Gasteiger partial charge is 0.296 e. The number of hydrogen-bond donors (Lipinski definition) is 0. The highest BCUT2D eigenvalue weighted by atomic mass is 35.5. The SMILES string of the molecule is Cc1cccc(N2C(=O)c3oc4ccc(Cl)cc4c(=O)c3[C@H]2c2ccccc2)n1. The molecule has 0 N–H and O–H groups in total. The predicted molar refractivity (Wildman–Crippen MR) is 112 cm³/mol. The zero-order valence-corrected chi connectivity index (χ0v) is 16.2. The van der Waals surface area contributed by atoms with Gasteiger partial charge >= 0.3 is 0 Å². The van der Waals surface area contributed by atoms with Crippen molar-refractivity contribution in [3.05, 3.63) is 105 Å². The molecular weight excluding hydrogens is 388 g/mol. The molecule has 1 aliphatic rings. The number of hydrogen-bond acceptors (Lipinski definition) is 4. The van der Waals surface area contributed by atoms with E-state index in [4.69, 9.17) is 16.0 Å². The second-order valence-electron chi connectivity index (χ2n) is 6.94. The topological polar surface area (TPSA) is 63.4 Å². The van der Waals surface area contributed by atoms with Crippen LogP contribution in [0, 0.1) is 6.92 Å². The highest BCUT2D eigenvalue weighted by molar-refractivity contribution is 6.31. The van der Waals surface area contributed by atoms with Crippen LogP contribution in [-0.2, 0) is 0 Å². The first-order chi connectivity index (χ1) is 14.0. The molecule has 5 rings (SSSR count). The zero-order valence-electron chi connectivity index (χ0n) is 15.4. The van der Waals surface area contributed by atoms with E-state index in [1.165, 1.54) is 4.90 Å². The summed E-state index contributed by atoms with van der Waals surface area (Å²) in [6.07, 6.45) is 0. The summed E-state index contributed by atoms with van der Waals surface area (Å²) in [5.74, 6) is 0.125. The van der Waals surface area contributed by atoms with Gasteiger partial charge in [-0.1, -0.05) is 48.0 Å². The lowest BCUT2D eigenvalue weighted by atomic mass is 9.98. The Balaban J connectivity index is 1.84. The van der Waals surface area contributed by atoms with Crippen molar-refractivity contribution in [1.82, 2.24) is 4.98 Å². The van der Waals surface area contributed by atoms with Crippen molar-refractivity contribution in [2.75, 3.05) is 4.90 Å². The second kappa shape index (κ2) is 6.57. The lowest BCUT2D eigenvalue weighted by Crippen LogP contribution is -2.30. The Morgan fingerprint density at radius 2 is 1.79 bits per heavy atom. The van der Waals surface area contributed by atoms with E-state index in [1.54, 1.807) is 24.3 Å². The van der Waals surface area contributed by atoms with E-state index in [-0.39, 0.29) is 17.1 Å². The molecule has 0 unspecified atom stereocenters. The fraction of sp³-hybridized carbons (Fsp3) is 0.0870. The molecule has 5 nitrogen and oxygen atoms in total. The molecule has 0 aliphatic carbocycles. The number of carbonyl (C=O) groups excluding carboxylic acids is 1. The number of pyridine rings is 1. The summed E-state index contributed by atoms with van der Waals surface area (Å²) in [5, 5.41) is 0.784. The fourth-order valence-electron chi connectivity index (χ4n) is 3.79. The van der Waals surface area contributed by atoms with Crippen LogP contribution in [-0.4, -0.2) is 10.9 Å². The van der Waals surface area contributed by atoms with E-state index < -0.39 is 6.04 Å². The normalized spacial score (nSPS) is 15.7. The summed E-state index contributed by atoms with van der Waals surface area (Å²) in [7, 11) is 0. The van der Waals surface area contributed by atoms with Gasteiger partial charge in [0.25, 0.3) is 5.91 Å². The van der Waals surface area contributed by atoms with E-state index in [9.17, 15) is 9.59 Å². The van der Waals surface area contributed by atoms with Crippen LogP contribution in [0.4, 0.5) is 5.82 Å². The fourth-order valence-corrected chi connectivity index (χ4v) is 3.97. The molecule has 6 heteroatoms. The van der Waals surface area contributed by atoms with Gasteiger partial charge in [-0.05, 0) is 42.8 Å². The first-order valence-corrected chi connectivity index (χ1v) is 9.51. The van der Waals surface area contributed by atoms with Gasteiger partial charge in [-0.25, -0.2) is 4.98 Å². The molecule has 1 atom stereocenters. The van der Waals surface area contributed by atoms with Crippen LogP contribution >= 0.6 is 11.6 Å². The number of halogens is 1. The Labute approximate surface area is 171 Å². The molecule has 0 bridgehead atoms. The Bertz CT molecular complexity index is 1330. The van der Waals surface area contributed by atoms with Crippen LogP contribution in [0.25, 0.3) is 11.0 Å². The number of aryl methyl sites for hydroxylation is 1. The molecule has 0 saturated heterocycles. The Morgan fingerprint density at radius 3 is 2.55 bits per heavy atom. The molecule has 4 aromatic rings. The van der Waals surface area contributed by atoms with Crippen LogP contribution in [0.5, 0.6) is 0 Å². The molecule has 2 aromatic carbocycles. The number of benzene rings is 2. The minimum Gasteiger partial charge on any atom is -0.450 e. The van der Waals surface area contributed by atoms with E-state index in [0.29, 0.717) is 27.4 Å². The highest BCUT2D eigenvalue weighted by Gasteiger charge is 2.44. The van der Waals surface area contributed by atoms with Gasteiger partial charge in [0.05, 0.1) is 17.0 Å². The number of nitrogens with zero attached hydrogens (tertiary/aromatic N) is 2. The number of fused-ring (bicyclic) bond motifs is 2. The first-order valence-electron chi connectivity index (χ1n) is 9.13.